The molecular formula is C23H20Br2N2O4S. The van der Waals surface area contributed by atoms with Crippen LogP contribution in [0.2, 0.25) is 0 Å². The maximum Gasteiger partial charge on any atom is 0.338 e. The molecule has 1 aliphatic heterocycles. The third-order valence-electron chi connectivity index (χ3n) is 4.27. The SMILES string of the molecule is C=CCOc1c(Br)cc(C=C2SC(=Nc3ccc(C(=O)OCC)cc3)N(C)C2=O)cc1Br. The zero-order valence-corrected chi connectivity index (χ0v) is 21.4. The second-order valence-electron chi connectivity index (χ2n) is 6.55. The number of aliphatic imine (C=N–C) groups is 1. The van der Waals surface area contributed by atoms with E-state index in [-0.39, 0.29) is 11.9 Å². The van der Waals surface area contributed by atoms with E-state index in [2.05, 4.69) is 43.4 Å². The smallest absolute Gasteiger partial charge is 0.338 e. The summed E-state index contributed by atoms with van der Waals surface area (Å²) in [5, 5.41) is 0.550. The second kappa shape index (κ2) is 11.0. The van der Waals surface area contributed by atoms with Crippen LogP contribution in [0.25, 0.3) is 6.08 Å². The summed E-state index contributed by atoms with van der Waals surface area (Å²) in [6, 6.07) is 10.5. The lowest BCUT2D eigenvalue weighted by Crippen LogP contribution is -2.23. The Morgan fingerprint density at radius 2 is 1.88 bits per heavy atom. The molecule has 0 saturated carbocycles. The maximum absolute atomic E-state index is 12.7. The normalized spacial score (nSPS) is 16.0. The van der Waals surface area contributed by atoms with Crippen LogP contribution in [0, 0.1) is 0 Å². The Bertz CT molecular complexity index is 1090. The van der Waals surface area contributed by atoms with E-state index in [0.717, 1.165) is 14.5 Å². The van der Waals surface area contributed by atoms with Crippen LogP contribution < -0.4 is 4.74 Å². The van der Waals surface area contributed by atoms with Gasteiger partial charge in [0.05, 0.1) is 31.7 Å². The molecule has 6 nitrogen and oxygen atoms in total. The van der Waals surface area contributed by atoms with E-state index < -0.39 is 0 Å². The van der Waals surface area contributed by atoms with E-state index in [9.17, 15) is 9.59 Å². The standard InChI is InChI=1S/C23H20Br2N2O4S/c1-4-10-31-20-17(24)11-14(12-18(20)25)13-19-21(28)27(3)23(32-19)26-16-8-6-15(7-9-16)22(29)30-5-2/h4,6-9,11-13H,1,5,10H2,2-3H3. The Morgan fingerprint density at radius 1 is 1.22 bits per heavy atom. The molecule has 0 aliphatic carbocycles. The molecule has 0 spiro atoms. The van der Waals surface area contributed by atoms with Gasteiger partial charge in [0, 0.05) is 7.05 Å². The van der Waals surface area contributed by atoms with Crippen molar-refractivity contribution in [1.82, 2.24) is 4.90 Å². The number of benzene rings is 2. The van der Waals surface area contributed by atoms with Gasteiger partial charge in [-0.15, -0.1) is 0 Å². The molecule has 1 saturated heterocycles. The average molecular weight is 580 g/mol. The minimum Gasteiger partial charge on any atom is -0.487 e. The number of carbonyl (C=O) groups is 2. The highest BCUT2D eigenvalue weighted by atomic mass is 79.9. The molecule has 0 atom stereocenters. The quantitative estimate of drug-likeness (QED) is 0.222. The Hall–Kier alpha value is -2.36. The van der Waals surface area contributed by atoms with Crippen LogP contribution in [0.1, 0.15) is 22.8 Å². The van der Waals surface area contributed by atoms with Crippen molar-refractivity contribution in [3.8, 4) is 5.75 Å². The molecule has 32 heavy (non-hydrogen) atoms. The number of amides is 1. The summed E-state index contributed by atoms with van der Waals surface area (Å²) in [7, 11) is 1.68. The van der Waals surface area contributed by atoms with Gasteiger partial charge in [-0.2, -0.15) is 0 Å². The maximum atomic E-state index is 12.7. The Morgan fingerprint density at radius 3 is 2.47 bits per heavy atom. The molecule has 1 fully saturated rings. The first-order valence-electron chi connectivity index (χ1n) is 9.60. The number of hydrogen-bond acceptors (Lipinski definition) is 6. The number of rotatable bonds is 7. The lowest BCUT2D eigenvalue weighted by molar-refractivity contribution is -0.121. The Labute approximate surface area is 207 Å². The summed E-state index contributed by atoms with van der Waals surface area (Å²) in [6.45, 7) is 6.12. The molecule has 1 amide bonds. The average Bonchev–Trinajstić information content (AvgIpc) is 3.01. The highest BCUT2D eigenvalue weighted by Gasteiger charge is 2.30. The predicted molar refractivity (Wildman–Crippen MR) is 135 cm³/mol. The lowest BCUT2D eigenvalue weighted by atomic mass is 10.2. The lowest BCUT2D eigenvalue weighted by Gasteiger charge is -2.09. The minimum atomic E-state index is -0.377. The van der Waals surface area contributed by atoms with Gasteiger partial charge in [0.25, 0.3) is 5.91 Å². The molecule has 9 heteroatoms. The summed E-state index contributed by atoms with van der Waals surface area (Å²) in [5.74, 6) is 0.150. The van der Waals surface area contributed by atoms with Crippen molar-refractivity contribution in [1.29, 1.82) is 0 Å². The first-order valence-corrected chi connectivity index (χ1v) is 12.0. The number of ether oxygens (including phenoxy) is 2. The van der Waals surface area contributed by atoms with Gasteiger partial charge in [0.1, 0.15) is 12.4 Å². The van der Waals surface area contributed by atoms with Crippen molar-refractivity contribution < 1.29 is 19.1 Å². The molecule has 0 radical (unpaired) electrons. The van der Waals surface area contributed by atoms with Crippen LogP contribution >= 0.6 is 43.6 Å². The van der Waals surface area contributed by atoms with Crippen LogP contribution in [0.5, 0.6) is 5.75 Å². The van der Waals surface area contributed by atoms with E-state index >= 15 is 0 Å². The van der Waals surface area contributed by atoms with Gasteiger partial charge in [-0.1, -0.05) is 12.7 Å². The third-order valence-corrected chi connectivity index (χ3v) is 6.51. The van der Waals surface area contributed by atoms with E-state index in [0.29, 0.717) is 40.3 Å². The molecule has 166 valence electrons. The van der Waals surface area contributed by atoms with Crippen LogP contribution in [0.3, 0.4) is 0 Å². The van der Waals surface area contributed by atoms with E-state index in [1.165, 1.54) is 16.7 Å². The van der Waals surface area contributed by atoms with E-state index in [4.69, 9.17) is 9.47 Å². The fourth-order valence-electron chi connectivity index (χ4n) is 2.74. The molecule has 0 unspecified atom stereocenters. The largest absolute Gasteiger partial charge is 0.487 e. The molecule has 2 aromatic carbocycles. The van der Waals surface area contributed by atoms with Gasteiger partial charge in [0.15, 0.2) is 5.17 Å². The number of amidine groups is 1. The van der Waals surface area contributed by atoms with Crippen molar-refractivity contribution in [3.63, 3.8) is 0 Å². The van der Waals surface area contributed by atoms with Crippen molar-refractivity contribution in [2.24, 2.45) is 4.99 Å². The van der Waals surface area contributed by atoms with Gasteiger partial charge >= 0.3 is 5.97 Å². The summed E-state index contributed by atoms with van der Waals surface area (Å²) in [6.07, 6.45) is 3.48. The van der Waals surface area contributed by atoms with Gasteiger partial charge in [-0.25, -0.2) is 9.79 Å². The molecule has 0 N–H and O–H groups in total. The van der Waals surface area contributed by atoms with E-state index in [1.807, 2.05) is 18.2 Å². The van der Waals surface area contributed by atoms with Crippen molar-refractivity contribution >= 4 is 72.4 Å². The topological polar surface area (TPSA) is 68.2 Å². The molecule has 0 aromatic heterocycles. The monoisotopic (exact) mass is 578 g/mol. The number of nitrogens with zero attached hydrogens (tertiary/aromatic N) is 2. The number of esters is 1. The van der Waals surface area contributed by atoms with E-state index in [1.54, 1.807) is 44.3 Å². The van der Waals surface area contributed by atoms with Crippen LogP contribution in [-0.2, 0) is 9.53 Å². The molecule has 1 heterocycles. The fraction of sp³-hybridized carbons (Fsp3) is 0.174. The van der Waals surface area contributed by atoms with Gasteiger partial charge < -0.3 is 9.47 Å². The van der Waals surface area contributed by atoms with Crippen LogP contribution in [0.15, 0.2) is 67.9 Å². The predicted octanol–water partition coefficient (Wildman–Crippen LogP) is 6.19. The summed E-state index contributed by atoms with van der Waals surface area (Å²) < 4.78 is 12.2. The van der Waals surface area contributed by atoms with Crippen molar-refractivity contribution in [3.05, 3.63) is 74.0 Å². The fourth-order valence-corrected chi connectivity index (χ4v) is 5.18. The highest BCUT2D eigenvalue weighted by molar-refractivity contribution is 9.11. The number of halogens is 2. The number of thioether (sulfide) groups is 1. The number of likely N-dealkylation sites (N-methyl/N-ethyl adjacent to an activating group) is 1. The summed E-state index contributed by atoms with van der Waals surface area (Å²) >= 11 is 8.30. The zero-order valence-electron chi connectivity index (χ0n) is 17.4. The molecular weight excluding hydrogens is 560 g/mol. The molecule has 3 rings (SSSR count). The second-order valence-corrected chi connectivity index (χ2v) is 9.27. The zero-order chi connectivity index (χ0) is 23.3. The van der Waals surface area contributed by atoms with Gasteiger partial charge in [-0.05, 0) is 98.6 Å². The summed E-state index contributed by atoms with van der Waals surface area (Å²) in [4.78, 5) is 31.1. The Kier molecular flexibility index (Phi) is 8.33. The van der Waals surface area contributed by atoms with Crippen molar-refractivity contribution in [2.75, 3.05) is 20.3 Å². The molecule has 2 aromatic rings. The van der Waals surface area contributed by atoms with Gasteiger partial charge in [0.2, 0.25) is 0 Å². The van der Waals surface area contributed by atoms with Gasteiger partial charge in [-0.3, -0.25) is 9.69 Å². The molecule has 1 aliphatic rings. The third kappa shape index (κ3) is 5.70. The first-order chi connectivity index (χ1) is 15.3. The van der Waals surface area contributed by atoms with Crippen LogP contribution in [0.4, 0.5) is 5.69 Å². The minimum absolute atomic E-state index is 0.142. The van der Waals surface area contributed by atoms with Crippen molar-refractivity contribution in [2.45, 2.75) is 6.92 Å². The Balaban J connectivity index is 1.82. The van der Waals surface area contributed by atoms with Crippen LogP contribution in [-0.4, -0.2) is 42.2 Å². The molecule has 0 bridgehead atoms. The number of carbonyl (C=O) groups excluding carboxylic acids is 2. The number of hydrogen-bond donors (Lipinski definition) is 0. The highest BCUT2D eigenvalue weighted by Crippen LogP contribution is 2.38. The summed E-state index contributed by atoms with van der Waals surface area (Å²) in [5.41, 5.74) is 1.92. The first kappa shape index (κ1) is 24.3.